The fourth-order valence-electron chi connectivity index (χ4n) is 3.86. The number of aliphatic imine (C=N–C) groups is 1. The molecule has 1 aliphatic heterocycles. The summed E-state index contributed by atoms with van der Waals surface area (Å²) in [6.45, 7) is 2.71. The van der Waals surface area contributed by atoms with Gasteiger partial charge in [-0.3, -0.25) is 9.79 Å². The number of primary amides is 1. The van der Waals surface area contributed by atoms with Gasteiger partial charge in [0.2, 0.25) is 5.91 Å². The van der Waals surface area contributed by atoms with E-state index < -0.39 is 0 Å². The molecule has 0 spiro atoms. The Morgan fingerprint density at radius 1 is 1.42 bits per heavy atom. The van der Waals surface area contributed by atoms with Gasteiger partial charge in [0.1, 0.15) is 0 Å². The molecule has 2 aromatic rings. The van der Waals surface area contributed by atoms with Crippen LogP contribution in [0.4, 0.5) is 0 Å². The van der Waals surface area contributed by atoms with Gasteiger partial charge in [0, 0.05) is 50.2 Å². The van der Waals surface area contributed by atoms with E-state index in [1.165, 1.54) is 16.5 Å². The molecule has 1 atom stereocenters. The second kappa shape index (κ2) is 8.74. The molecule has 1 saturated heterocycles. The highest BCUT2D eigenvalue weighted by Gasteiger charge is 2.23. The number of nitrogens with zero attached hydrogens (tertiary/aromatic N) is 2. The maximum Gasteiger partial charge on any atom is 0.217 e. The molecule has 1 aliphatic rings. The zero-order valence-corrected chi connectivity index (χ0v) is 15.5. The molecule has 1 aromatic carbocycles. The summed E-state index contributed by atoms with van der Waals surface area (Å²) in [5.41, 5.74) is 7.91. The van der Waals surface area contributed by atoms with Gasteiger partial charge in [-0.05, 0) is 43.2 Å². The number of hydrogen-bond donors (Lipinski definition) is 3. The largest absolute Gasteiger partial charge is 0.370 e. The summed E-state index contributed by atoms with van der Waals surface area (Å²) < 4.78 is 0. The molecule has 1 aromatic heterocycles. The van der Waals surface area contributed by atoms with Gasteiger partial charge in [-0.1, -0.05) is 18.2 Å². The van der Waals surface area contributed by atoms with Crippen LogP contribution < -0.4 is 11.1 Å². The van der Waals surface area contributed by atoms with Crippen molar-refractivity contribution in [1.82, 2.24) is 15.2 Å². The van der Waals surface area contributed by atoms with Crippen molar-refractivity contribution in [1.29, 1.82) is 0 Å². The number of guanidine groups is 1. The Balaban J connectivity index is 1.47. The molecule has 2 heterocycles. The smallest absolute Gasteiger partial charge is 0.217 e. The van der Waals surface area contributed by atoms with Gasteiger partial charge in [-0.2, -0.15) is 0 Å². The Morgan fingerprint density at radius 3 is 3.08 bits per heavy atom. The molecule has 3 rings (SSSR count). The second-order valence-electron chi connectivity index (χ2n) is 7.06. The lowest BCUT2D eigenvalue weighted by atomic mass is 9.95. The zero-order valence-electron chi connectivity index (χ0n) is 15.5. The SMILES string of the molecule is CN=C(NCCCc1c[nH]c2ccccc12)N1CCCC(CC(N)=O)C1. The summed E-state index contributed by atoms with van der Waals surface area (Å²) in [7, 11) is 1.82. The molecule has 0 saturated carbocycles. The summed E-state index contributed by atoms with van der Waals surface area (Å²) in [4.78, 5) is 21.2. The van der Waals surface area contributed by atoms with Gasteiger partial charge < -0.3 is 20.9 Å². The normalized spacial score (nSPS) is 18.3. The van der Waals surface area contributed by atoms with Gasteiger partial charge in [-0.15, -0.1) is 0 Å². The summed E-state index contributed by atoms with van der Waals surface area (Å²) in [6.07, 6.45) is 6.79. The van der Waals surface area contributed by atoms with Crippen molar-refractivity contribution in [3.63, 3.8) is 0 Å². The lowest BCUT2D eigenvalue weighted by Gasteiger charge is -2.34. The topological polar surface area (TPSA) is 86.5 Å². The first-order valence-electron chi connectivity index (χ1n) is 9.46. The van der Waals surface area contributed by atoms with Crippen LogP contribution in [0.5, 0.6) is 0 Å². The van der Waals surface area contributed by atoms with Crippen molar-refractivity contribution in [3.8, 4) is 0 Å². The highest BCUT2D eigenvalue weighted by atomic mass is 16.1. The number of para-hydroxylation sites is 1. The number of piperidine rings is 1. The molecule has 4 N–H and O–H groups in total. The minimum Gasteiger partial charge on any atom is -0.370 e. The molecule has 1 unspecified atom stereocenters. The molecular weight excluding hydrogens is 326 g/mol. The van der Waals surface area contributed by atoms with E-state index in [-0.39, 0.29) is 5.91 Å². The van der Waals surface area contributed by atoms with Crippen LogP contribution in [-0.4, -0.2) is 48.4 Å². The number of carbonyl (C=O) groups is 1. The van der Waals surface area contributed by atoms with Crippen LogP contribution in [0.2, 0.25) is 0 Å². The predicted octanol–water partition coefficient (Wildman–Crippen LogP) is 2.26. The average Bonchev–Trinajstić information content (AvgIpc) is 3.05. The number of benzene rings is 1. The third-order valence-electron chi connectivity index (χ3n) is 5.10. The zero-order chi connectivity index (χ0) is 18.4. The van der Waals surface area contributed by atoms with Gasteiger partial charge in [-0.25, -0.2) is 0 Å². The number of rotatable bonds is 6. The number of aryl methyl sites for hydroxylation is 1. The molecular formula is C20H29N5O. The molecule has 0 aliphatic carbocycles. The molecule has 1 amide bonds. The number of hydrogen-bond acceptors (Lipinski definition) is 2. The Hall–Kier alpha value is -2.50. The number of nitrogens with two attached hydrogens (primary N) is 1. The van der Waals surface area contributed by atoms with Crippen LogP contribution in [0, 0.1) is 5.92 Å². The number of likely N-dealkylation sites (tertiary alicyclic amines) is 1. The van der Waals surface area contributed by atoms with Crippen LogP contribution in [0.25, 0.3) is 10.9 Å². The molecule has 6 nitrogen and oxygen atoms in total. The number of aromatic nitrogens is 1. The summed E-state index contributed by atoms with van der Waals surface area (Å²) >= 11 is 0. The van der Waals surface area contributed by atoms with Crippen molar-refractivity contribution in [3.05, 3.63) is 36.0 Å². The Kier molecular flexibility index (Phi) is 6.15. The van der Waals surface area contributed by atoms with Crippen molar-refractivity contribution in [2.75, 3.05) is 26.7 Å². The maximum absolute atomic E-state index is 11.2. The number of amides is 1. The van der Waals surface area contributed by atoms with E-state index in [1.54, 1.807) is 0 Å². The van der Waals surface area contributed by atoms with Crippen LogP contribution in [-0.2, 0) is 11.2 Å². The van der Waals surface area contributed by atoms with E-state index in [2.05, 4.69) is 50.7 Å². The van der Waals surface area contributed by atoms with Crippen LogP contribution >= 0.6 is 0 Å². The van der Waals surface area contributed by atoms with Crippen LogP contribution in [0.3, 0.4) is 0 Å². The summed E-state index contributed by atoms with van der Waals surface area (Å²) in [6, 6.07) is 8.41. The predicted molar refractivity (Wildman–Crippen MR) is 106 cm³/mol. The Labute approximate surface area is 154 Å². The molecule has 0 bridgehead atoms. The fraction of sp³-hybridized carbons (Fsp3) is 0.500. The monoisotopic (exact) mass is 355 g/mol. The summed E-state index contributed by atoms with van der Waals surface area (Å²) in [5.74, 6) is 1.06. The molecule has 26 heavy (non-hydrogen) atoms. The average molecular weight is 355 g/mol. The van der Waals surface area contributed by atoms with E-state index in [0.29, 0.717) is 12.3 Å². The summed E-state index contributed by atoms with van der Waals surface area (Å²) in [5, 5.41) is 4.78. The third kappa shape index (κ3) is 4.56. The maximum atomic E-state index is 11.2. The van der Waals surface area contributed by atoms with Crippen molar-refractivity contribution >= 4 is 22.8 Å². The standard InChI is InChI=1S/C20H29N5O/c1-22-20(25-11-5-6-15(14-25)12-19(21)26)23-10-4-7-16-13-24-18-9-3-2-8-17(16)18/h2-3,8-9,13,15,24H,4-7,10-12,14H2,1H3,(H2,21,26)(H,22,23). The van der Waals surface area contributed by atoms with Gasteiger partial charge >= 0.3 is 0 Å². The van der Waals surface area contributed by atoms with E-state index in [0.717, 1.165) is 51.3 Å². The van der Waals surface area contributed by atoms with E-state index in [1.807, 2.05) is 7.05 Å². The van der Waals surface area contributed by atoms with Gasteiger partial charge in [0.15, 0.2) is 5.96 Å². The fourth-order valence-corrected chi connectivity index (χ4v) is 3.86. The Morgan fingerprint density at radius 2 is 2.27 bits per heavy atom. The quantitative estimate of drug-likeness (QED) is 0.422. The lowest BCUT2D eigenvalue weighted by molar-refractivity contribution is -0.119. The minimum atomic E-state index is -0.210. The number of aromatic amines is 1. The van der Waals surface area contributed by atoms with Gasteiger partial charge in [0.25, 0.3) is 0 Å². The van der Waals surface area contributed by atoms with E-state index >= 15 is 0 Å². The third-order valence-corrected chi connectivity index (χ3v) is 5.10. The Bertz CT molecular complexity index is 766. The van der Waals surface area contributed by atoms with Crippen molar-refractivity contribution in [2.45, 2.75) is 32.1 Å². The van der Waals surface area contributed by atoms with E-state index in [4.69, 9.17) is 5.73 Å². The van der Waals surface area contributed by atoms with Gasteiger partial charge in [0.05, 0.1) is 0 Å². The highest BCUT2D eigenvalue weighted by molar-refractivity contribution is 5.83. The number of carbonyl (C=O) groups excluding carboxylic acids is 1. The van der Waals surface area contributed by atoms with Crippen molar-refractivity contribution < 1.29 is 4.79 Å². The second-order valence-corrected chi connectivity index (χ2v) is 7.06. The van der Waals surface area contributed by atoms with E-state index in [9.17, 15) is 4.79 Å². The molecule has 0 radical (unpaired) electrons. The molecule has 140 valence electrons. The lowest BCUT2D eigenvalue weighted by Crippen LogP contribution is -2.47. The first kappa shape index (κ1) is 18.3. The number of nitrogens with one attached hydrogen (secondary N) is 2. The molecule has 1 fully saturated rings. The first-order valence-corrected chi connectivity index (χ1v) is 9.46. The first-order chi connectivity index (χ1) is 12.7. The van der Waals surface area contributed by atoms with Crippen LogP contribution in [0.1, 0.15) is 31.2 Å². The van der Waals surface area contributed by atoms with Crippen molar-refractivity contribution in [2.24, 2.45) is 16.6 Å². The van der Waals surface area contributed by atoms with Crippen LogP contribution in [0.15, 0.2) is 35.5 Å². The molecule has 6 heteroatoms. The number of H-pyrrole nitrogens is 1. The minimum absolute atomic E-state index is 0.210. The number of fused-ring (bicyclic) bond motifs is 1. The highest BCUT2D eigenvalue weighted by Crippen LogP contribution is 2.20.